The van der Waals surface area contributed by atoms with E-state index in [1.165, 1.54) is 4.90 Å². The molecule has 0 aliphatic rings. The lowest BCUT2D eigenvalue weighted by Crippen LogP contribution is -2.35. The van der Waals surface area contributed by atoms with Crippen LogP contribution in [0.4, 0.5) is 5.69 Å². The Morgan fingerprint density at radius 1 is 0.857 bits per heavy atom. The average molecular weight is 380 g/mol. The second kappa shape index (κ2) is 9.31. The van der Waals surface area contributed by atoms with Gasteiger partial charge >= 0.3 is 0 Å². The Morgan fingerprint density at radius 2 is 1.46 bits per heavy atom. The summed E-state index contributed by atoms with van der Waals surface area (Å²) >= 11 is 0. The summed E-state index contributed by atoms with van der Waals surface area (Å²) in [5.41, 5.74) is 5.34. The van der Waals surface area contributed by atoms with Crippen LogP contribution >= 0.6 is 0 Å². The molecule has 2 aromatic rings. The third-order valence-corrected chi connectivity index (χ3v) is 4.73. The molecule has 0 heterocycles. The highest BCUT2D eigenvalue weighted by Crippen LogP contribution is 2.17. The summed E-state index contributed by atoms with van der Waals surface area (Å²) in [6.45, 7) is 7.65. The number of nitrogens with one attached hydrogen (secondary N) is 1. The topological polar surface area (TPSA) is 66.5 Å². The Balaban J connectivity index is 1.88. The van der Waals surface area contributed by atoms with Gasteiger partial charge in [0.25, 0.3) is 0 Å². The van der Waals surface area contributed by atoms with Crippen LogP contribution in [0.3, 0.4) is 0 Å². The molecule has 0 atom stereocenters. The van der Waals surface area contributed by atoms with E-state index in [0.29, 0.717) is 5.56 Å². The van der Waals surface area contributed by atoms with Crippen LogP contribution in [0.2, 0.25) is 0 Å². The number of hydrogen-bond donors (Lipinski definition) is 1. The van der Waals surface area contributed by atoms with Crippen molar-refractivity contribution in [2.45, 2.75) is 40.5 Å². The van der Waals surface area contributed by atoms with Crippen molar-refractivity contribution in [1.82, 2.24) is 4.90 Å². The van der Waals surface area contributed by atoms with Gasteiger partial charge in [-0.3, -0.25) is 14.4 Å². The molecule has 2 aromatic carbocycles. The Hall–Kier alpha value is -2.95. The van der Waals surface area contributed by atoms with Gasteiger partial charge in [0.15, 0.2) is 5.78 Å². The van der Waals surface area contributed by atoms with E-state index in [9.17, 15) is 14.4 Å². The van der Waals surface area contributed by atoms with Gasteiger partial charge < -0.3 is 10.2 Å². The number of Topliss-reactive ketones (excluding diaryl/α,β-unsaturated/α-hetero) is 1. The summed E-state index contributed by atoms with van der Waals surface area (Å²) in [5, 5.41) is 2.84. The number of nitrogens with zero attached hydrogens (tertiary/aromatic N) is 1. The zero-order valence-corrected chi connectivity index (χ0v) is 17.3. The number of likely N-dealkylation sites (N-methyl/N-ethyl adjacent to an activating group) is 1. The second-order valence-corrected chi connectivity index (χ2v) is 7.36. The summed E-state index contributed by atoms with van der Waals surface area (Å²) in [4.78, 5) is 38.4. The third kappa shape index (κ3) is 5.78. The molecule has 0 saturated carbocycles. The van der Waals surface area contributed by atoms with Crippen LogP contribution in [0.1, 0.15) is 45.5 Å². The molecule has 2 amide bonds. The third-order valence-electron chi connectivity index (χ3n) is 4.73. The molecule has 5 nitrogen and oxygen atoms in total. The maximum Gasteiger partial charge on any atom is 0.243 e. The van der Waals surface area contributed by atoms with Gasteiger partial charge in [-0.05, 0) is 56.5 Å². The summed E-state index contributed by atoms with van der Waals surface area (Å²) < 4.78 is 0. The van der Waals surface area contributed by atoms with E-state index in [1.54, 1.807) is 7.05 Å². The second-order valence-electron chi connectivity index (χ2n) is 7.36. The van der Waals surface area contributed by atoms with Crippen LogP contribution in [-0.2, 0) is 9.59 Å². The number of aryl methyl sites for hydroxylation is 4. The lowest BCUT2D eigenvalue weighted by atomic mass is 9.99. The molecule has 0 aliphatic carbocycles. The van der Waals surface area contributed by atoms with E-state index < -0.39 is 0 Å². The van der Waals surface area contributed by atoms with Gasteiger partial charge in [0, 0.05) is 31.1 Å². The number of benzene rings is 2. The van der Waals surface area contributed by atoms with E-state index >= 15 is 0 Å². The molecular formula is C23H28N2O3. The van der Waals surface area contributed by atoms with Crippen LogP contribution < -0.4 is 5.32 Å². The number of anilines is 1. The van der Waals surface area contributed by atoms with E-state index in [-0.39, 0.29) is 37.0 Å². The van der Waals surface area contributed by atoms with Gasteiger partial charge in [-0.25, -0.2) is 0 Å². The molecule has 28 heavy (non-hydrogen) atoms. The van der Waals surface area contributed by atoms with Crippen LogP contribution in [0.5, 0.6) is 0 Å². The normalized spacial score (nSPS) is 10.5. The van der Waals surface area contributed by atoms with Gasteiger partial charge in [0.2, 0.25) is 11.8 Å². The maximum atomic E-state index is 12.4. The van der Waals surface area contributed by atoms with Crippen molar-refractivity contribution in [1.29, 1.82) is 0 Å². The van der Waals surface area contributed by atoms with Crippen LogP contribution in [0.25, 0.3) is 0 Å². The predicted molar refractivity (Wildman–Crippen MR) is 112 cm³/mol. The van der Waals surface area contributed by atoms with E-state index in [0.717, 1.165) is 27.9 Å². The van der Waals surface area contributed by atoms with E-state index in [4.69, 9.17) is 0 Å². The molecule has 0 aliphatic heterocycles. The minimum absolute atomic E-state index is 0.0517. The SMILES string of the molecule is Cc1ccc(C)c(NC(=O)CN(C)C(=O)CCC(=O)c2cc(C)ccc2C)c1. The molecule has 0 spiro atoms. The number of rotatable bonds is 7. The Labute approximate surface area is 166 Å². The van der Waals surface area contributed by atoms with Gasteiger partial charge in [0.1, 0.15) is 0 Å². The van der Waals surface area contributed by atoms with Crippen LogP contribution in [0, 0.1) is 27.7 Å². The van der Waals surface area contributed by atoms with Crippen molar-refractivity contribution in [3.05, 3.63) is 64.2 Å². The van der Waals surface area contributed by atoms with Crippen molar-refractivity contribution < 1.29 is 14.4 Å². The van der Waals surface area contributed by atoms with Gasteiger partial charge in [-0.15, -0.1) is 0 Å². The monoisotopic (exact) mass is 380 g/mol. The molecule has 1 N–H and O–H groups in total. The van der Waals surface area contributed by atoms with Crippen molar-refractivity contribution >= 4 is 23.3 Å². The quantitative estimate of drug-likeness (QED) is 0.739. The maximum absolute atomic E-state index is 12.4. The average Bonchev–Trinajstić information content (AvgIpc) is 2.64. The largest absolute Gasteiger partial charge is 0.336 e. The molecule has 2 rings (SSSR count). The minimum atomic E-state index is -0.259. The first-order chi connectivity index (χ1) is 13.2. The summed E-state index contributed by atoms with van der Waals surface area (Å²) in [6.07, 6.45) is 0.214. The highest BCUT2D eigenvalue weighted by atomic mass is 16.2. The molecule has 0 radical (unpaired) electrons. The summed E-state index contributed by atoms with van der Waals surface area (Å²) in [7, 11) is 1.58. The molecule has 0 saturated heterocycles. The Kier molecular flexibility index (Phi) is 7.10. The first kappa shape index (κ1) is 21.4. The zero-order valence-electron chi connectivity index (χ0n) is 17.3. The molecule has 0 fully saturated rings. The van der Waals surface area contributed by atoms with Gasteiger partial charge in [0.05, 0.1) is 6.54 Å². The number of ketones is 1. The van der Waals surface area contributed by atoms with Gasteiger partial charge in [-0.2, -0.15) is 0 Å². The van der Waals surface area contributed by atoms with E-state index in [1.807, 2.05) is 64.1 Å². The lowest BCUT2D eigenvalue weighted by Gasteiger charge is -2.17. The highest BCUT2D eigenvalue weighted by molar-refractivity contribution is 6.00. The molecule has 0 aromatic heterocycles. The number of carbonyl (C=O) groups is 3. The lowest BCUT2D eigenvalue weighted by molar-refractivity contribution is -0.133. The fourth-order valence-electron chi connectivity index (χ4n) is 2.95. The zero-order chi connectivity index (χ0) is 20.8. The number of hydrogen-bond acceptors (Lipinski definition) is 3. The molecular weight excluding hydrogens is 352 g/mol. The Morgan fingerprint density at radius 3 is 2.14 bits per heavy atom. The Bertz CT molecular complexity index is 903. The van der Waals surface area contributed by atoms with Crippen molar-refractivity contribution in [3.63, 3.8) is 0 Å². The minimum Gasteiger partial charge on any atom is -0.336 e. The molecule has 148 valence electrons. The first-order valence-electron chi connectivity index (χ1n) is 9.39. The highest BCUT2D eigenvalue weighted by Gasteiger charge is 2.17. The fourth-order valence-corrected chi connectivity index (χ4v) is 2.95. The van der Waals surface area contributed by atoms with Crippen LogP contribution in [-0.4, -0.2) is 36.1 Å². The van der Waals surface area contributed by atoms with Crippen molar-refractivity contribution in [3.8, 4) is 0 Å². The first-order valence-corrected chi connectivity index (χ1v) is 9.39. The fraction of sp³-hybridized carbons (Fsp3) is 0.348. The summed E-state index contributed by atoms with van der Waals surface area (Å²) in [6, 6.07) is 11.5. The molecule has 0 unspecified atom stereocenters. The molecule has 5 heteroatoms. The number of carbonyl (C=O) groups excluding carboxylic acids is 3. The van der Waals surface area contributed by atoms with Crippen molar-refractivity contribution in [2.24, 2.45) is 0 Å². The van der Waals surface area contributed by atoms with E-state index in [2.05, 4.69) is 5.32 Å². The van der Waals surface area contributed by atoms with Gasteiger partial charge in [-0.1, -0.05) is 29.8 Å². The van der Waals surface area contributed by atoms with Crippen LogP contribution in [0.15, 0.2) is 36.4 Å². The smallest absolute Gasteiger partial charge is 0.243 e. The molecule has 0 bridgehead atoms. The summed E-state index contributed by atoms with van der Waals surface area (Å²) in [5.74, 6) is -0.539. The number of amides is 2. The van der Waals surface area contributed by atoms with Crippen molar-refractivity contribution in [2.75, 3.05) is 18.9 Å². The standard InChI is InChI=1S/C23H28N2O3/c1-15-6-8-17(3)19(12-15)21(26)10-11-23(28)25(5)14-22(27)24-20-13-16(2)7-9-18(20)4/h6-9,12-13H,10-11,14H2,1-5H3,(H,24,27). The predicted octanol–water partition coefficient (Wildman–Crippen LogP) is 3.98.